The van der Waals surface area contributed by atoms with Crippen LogP contribution in [0.3, 0.4) is 0 Å². The van der Waals surface area contributed by atoms with Crippen molar-refractivity contribution >= 4 is 11.9 Å². The standard InChI is InChI=1S/C17H20F3NO3/c1-10(11-3-2-4-13(8-11)17(18,19)20)7-15(22)21-14-6-5-12(9-14)16(23)24/h2-4,8,10,12,14H,5-7,9H2,1H3,(H,21,22)(H,23,24)/t10?,12-,14+/m1/s1. The SMILES string of the molecule is CC(CC(=O)N[C@H]1CC[C@@H](C(=O)O)C1)c1cccc(C(F)(F)F)c1. The van der Waals surface area contributed by atoms with Crippen LogP contribution in [0.25, 0.3) is 0 Å². The number of amides is 1. The number of carbonyl (C=O) groups excluding carboxylic acids is 1. The molecule has 7 heteroatoms. The van der Waals surface area contributed by atoms with Crippen LogP contribution in [0.5, 0.6) is 0 Å². The maximum atomic E-state index is 12.7. The Morgan fingerprint density at radius 1 is 1.33 bits per heavy atom. The van der Waals surface area contributed by atoms with Crippen molar-refractivity contribution in [2.45, 2.75) is 50.7 Å². The number of nitrogens with one attached hydrogen (secondary N) is 1. The second kappa shape index (κ2) is 7.23. The van der Waals surface area contributed by atoms with Gasteiger partial charge in [0.15, 0.2) is 0 Å². The van der Waals surface area contributed by atoms with Crippen molar-refractivity contribution in [1.82, 2.24) is 5.32 Å². The van der Waals surface area contributed by atoms with Gasteiger partial charge in [-0.1, -0.05) is 25.1 Å². The van der Waals surface area contributed by atoms with Crippen molar-refractivity contribution in [3.05, 3.63) is 35.4 Å². The number of hydrogen-bond donors (Lipinski definition) is 2. The first-order chi connectivity index (χ1) is 11.2. The molecule has 4 nitrogen and oxygen atoms in total. The zero-order chi connectivity index (χ0) is 17.9. The quantitative estimate of drug-likeness (QED) is 0.859. The number of aliphatic carboxylic acids is 1. The maximum Gasteiger partial charge on any atom is 0.416 e. The number of rotatable bonds is 5. The number of carboxylic acids is 1. The Balaban J connectivity index is 1.91. The molecule has 132 valence electrons. The topological polar surface area (TPSA) is 66.4 Å². The van der Waals surface area contributed by atoms with E-state index < -0.39 is 23.6 Å². The fraction of sp³-hybridized carbons (Fsp3) is 0.529. The summed E-state index contributed by atoms with van der Waals surface area (Å²) in [6, 6.07) is 4.80. The molecule has 1 unspecified atom stereocenters. The Morgan fingerprint density at radius 3 is 2.62 bits per heavy atom. The van der Waals surface area contributed by atoms with Gasteiger partial charge in [0.2, 0.25) is 5.91 Å². The van der Waals surface area contributed by atoms with Gasteiger partial charge in [-0.05, 0) is 36.8 Å². The lowest BCUT2D eigenvalue weighted by molar-refractivity contribution is -0.141. The van der Waals surface area contributed by atoms with E-state index in [4.69, 9.17) is 5.11 Å². The zero-order valence-corrected chi connectivity index (χ0v) is 13.3. The third-order valence-electron chi connectivity index (χ3n) is 4.42. The number of hydrogen-bond acceptors (Lipinski definition) is 2. The molecule has 0 heterocycles. The average molecular weight is 343 g/mol. The molecule has 1 aliphatic carbocycles. The van der Waals surface area contributed by atoms with Gasteiger partial charge < -0.3 is 10.4 Å². The van der Waals surface area contributed by atoms with Crippen molar-refractivity contribution in [2.24, 2.45) is 5.92 Å². The van der Waals surface area contributed by atoms with Gasteiger partial charge >= 0.3 is 12.1 Å². The van der Waals surface area contributed by atoms with Gasteiger partial charge in [-0.15, -0.1) is 0 Å². The lowest BCUT2D eigenvalue weighted by Crippen LogP contribution is -2.34. The van der Waals surface area contributed by atoms with Gasteiger partial charge in [0.1, 0.15) is 0 Å². The number of carboxylic acid groups (broad SMARTS) is 1. The molecule has 1 aromatic rings. The molecular formula is C17H20F3NO3. The van der Waals surface area contributed by atoms with Crippen LogP contribution >= 0.6 is 0 Å². The number of halogens is 3. The molecular weight excluding hydrogens is 323 g/mol. The van der Waals surface area contributed by atoms with Gasteiger partial charge in [0.05, 0.1) is 11.5 Å². The lowest BCUT2D eigenvalue weighted by atomic mass is 9.95. The van der Waals surface area contributed by atoms with E-state index in [2.05, 4.69) is 5.32 Å². The van der Waals surface area contributed by atoms with Crippen LogP contribution < -0.4 is 5.32 Å². The molecule has 1 aliphatic rings. The summed E-state index contributed by atoms with van der Waals surface area (Å²) in [6.07, 6.45) is -2.80. The summed E-state index contributed by atoms with van der Waals surface area (Å²) >= 11 is 0. The van der Waals surface area contributed by atoms with Crippen LogP contribution in [-0.2, 0) is 15.8 Å². The van der Waals surface area contributed by atoms with Gasteiger partial charge in [0, 0.05) is 12.5 Å². The second-order valence-corrected chi connectivity index (χ2v) is 6.34. The van der Waals surface area contributed by atoms with E-state index in [9.17, 15) is 22.8 Å². The van der Waals surface area contributed by atoms with Crippen molar-refractivity contribution < 1.29 is 27.9 Å². The first-order valence-corrected chi connectivity index (χ1v) is 7.86. The van der Waals surface area contributed by atoms with E-state index in [1.165, 1.54) is 6.07 Å². The van der Waals surface area contributed by atoms with E-state index in [-0.39, 0.29) is 24.3 Å². The third-order valence-corrected chi connectivity index (χ3v) is 4.42. The molecule has 2 rings (SSSR count). The fourth-order valence-electron chi connectivity index (χ4n) is 3.04. The van der Waals surface area contributed by atoms with Gasteiger partial charge in [-0.25, -0.2) is 0 Å². The molecule has 2 N–H and O–H groups in total. The molecule has 0 aliphatic heterocycles. The molecule has 1 amide bonds. The first-order valence-electron chi connectivity index (χ1n) is 7.86. The summed E-state index contributed by atoms with van der Waals surface area (Å²) in [6.45, 7) is 1.70. The Hall–Kier alpha value is -2.05. The van der Waals surface area contributed by atoms with Crippen LogP contribution in [0.2, 0.25) is 0 Å². The highest BCUT2D eigenvalue weighted by Crippen LogP contribution is 2.32. The minimum atomic E-state index is -4.41. The highest BCUT2D eigenvalue weighted by atomic mass is 19.4. The molecule has 0 saturated heterocycles. The fourth-order valence-corrected chi connectivity index (χ4v) is 3.04. The van der Waals surface area contributed by atoms with Crippen LogP contribution in [0.4, 0.5) is 13.2 Å². The summed E-state index contributed by atoms with van der Waals surface area (Å²) < 4.78 is 38.2. The normalized spacial score (nSPS) is 22.2. The van der Waals surface area contributed by atoms with Crippen LogP contribution in [0.1, 0.15) is 49.7 Å². The maximum absolute atomic E-state index is 12.7. The largest absolute Gasteiger partial charge is 0.481 e. The second-order valence-electron chi connectivity index (χ2n) is 6.34. The summed E-state index contributed by atoms with van der Waals surface area (Å²) in [5.41, 5.74) is -0.276. The molecule has 0 bridgehead atoms. The Kier molecular flexibility index (Phi) is 5.51. The highest BCUT2D eigenvalue weighted by Gasteiger charge is 2.32. The molecule has 1 saturated carbocycles. The molecule has 1 fully saturated rings. The highest BCUT2D eigenvalue weighted by molar-refractivity contribution is 5.77. The monoisotopic (exact) mass is 343 g/mol. The average Bonchev–Trinajstić information content (AvgIpc) is 2.95. The zero-order valence-electron chi connectivity index (χ0n) is 13.3. The van der Waals surface area contributed by atoms with E-state index >= 15 is 0 Å². The number of alkyl halides is 3. The van der Waals surface area contributed by atoms with Gasteiger partial charge in [-0.2, -0.15) is 13.2 Å². The summed E-state index contributed by atoms with van der Waals surface area (Å²) in [4.78, 5) is 23.0. The lowest BCUT2D eigenvalue weighted by Gasteiger charge is -2.17. The van der Waals surface area contributed by atoms with Crippen molar-refractivity contribution in [3.63, 3.8) is 0 Å². The molecule has 0 radical (unpaired) electrons. The van der Waals surface area contributed by atoms with Crippen LogP contribution in [-0.4, -0.2) is 23.0 Å². The third kappa shape index (κ3) is 4.72. The molecule has 24 heavy (non-hydrogen) atoms. The molecule has 3 atom stereocenters. The number of carbonyl (C=O) groups is 2. The van der Waals surface area contributed by atoms with E-state index in [1.54, 1.807) is 13.0 Å². The van der Waals surface area contributed by atoms with Crippen LogP contribution in [0, 0.1) is 5.92 Å². The summed E-state index contributed by atoms with van der Waals surface area (Å²) in [5, 5.41) is 11.7. The van der Waals surface area contributed by atoms with Crippen molar-refractivity contribution in [2.75, 3.05) is 0 Å². The van der Waals surface area contributed by atoms with Gasteiger partial charge in [0.25, 0.3) is 0 Å². The minimum Gasteiger partial charge on any atom is -0.481 e. The Bertz CT molecular complexity index is 615. The van der Waals surface area contributed by atoms with Gasteiger partial charge in [-0.3, -0.25) is 9.59 Å². The number of benzene rings is 1. The molecule has 0 spiro atoms. The van der Waals surface area contributed by atoms with Crippen molar-refractivity contribution in [1.29, 1.82) is 0 Å². The summed E-state index contributed by atoms with van der Waals surface area (Å²) in [7, 11) is 0. The van der Waals surface area contributed by atoms with E-state index in [0.717, 1.165) is 12.1 Å². The molecule has 0 aromatic heterocycles. The predicted octanol–water partition coefficient (Wildman–Crippen LogP) is 3.57. The minimum absolute atomic E-state index is 0.0650. The predicted molar refractivity (Wildman–Crippen MR) is 81.4 cm³/mol. The molecule has 1 aromatic carbocycles. The summed E-state index contributed by atoms with van der Waals surface area (Å²) in [5.74, 6) is -1.92. The van der Waals surface area contributed by atoms with Crippen LogP contribution in [0.15, 0.2) is 24.3 Å². The first kappa shape index (κ1) is 18.3. The van der Waals surface area contributed by atoms with Crippen molar-refractivity contribution in [3.8, 4) is 0 Å². The van der Waals surface area contributed by atoms with E-state index in [0.29, 0.717) is 24.8 Å². The Morgan fingerprint density at radius 2 is 2.04 bits per heavy atom. The Labute approximate surface area is 138 Å². The van der Waals surface area contributed by atoms with E-state index in [1.807, 2.05) is 0 Å². The smallest absolute Gasteiger partial charge is 0.416 e.